The summed E-state index contributed by atoms with van der Waals surface area (Å²) in [5, 5.41) is 5.66. The van der Waals surface area contributed by atoms with E-state index in [1.807, 2.05) is 6.08 Å². The predicted octanol–water partition coefficient (Wildman–Crippen LogP) is 7.15. The number of thioether (sulfide) groups is 1. The number of nitrogens with one attached hydrogen (secondary N) is 1. The Bertz CT molecular complexity index is 792. The smallest absolute Gasteiger partial charge is 0.201 e. The summed E-state index contributed by atoms with van der Waals surface area (Å²) in [6.45, 7) is 6.16. The number of benzene rings is 1. The average Bonchev–Trinajstić information content (AvgIpc) is 2.64. The number of ketones is 1. The molecule has 1 heterocycles. The van der Waals surface area contributed by atoms with Crippen LogP contribution in [-0.2, 0) is 0 Å². The number of carbonyl (C=O) groups excluding carboxylic acids is 1. The van der Waals surface area contributed by atoms with E-state index in [-0.39, 0.29) is 5.78 Å². The van der Waals surface area contributed by atoms with Crippen molar-refractivity contribution >= 4 is 40.7 Å². The molecule has 0 aromatic heterocycles. The van der Waals surface area contributed by atoms with Gasteiger partial charge in [-0.2, -0.15) is 0 Å². The van der Waals surface area contributed by atoms with E-state index < -0.39 is 0 Å². The Balaban J connectivity index is 1.77. The third-order valence-electron chi connectivity index (χ3n) is 5.20. The standard InChI is InChI=1S/C22H25Cl2NOS/c1-3-4-15-7-12-20(25-17-9-5-14(2)6-10-17)27-22(15)21(26)18-11-8-16(23)13-19(18)24/h3,8,11-14,17,25H,1,4-7,9-10H2,2H3. The van der Waals surface area contributed by atoms with Crippen LogP contribution in [-0.4, -0.2) is 11.8 Å². The SMILES string of the molecule is C=CCC1=C(C(=O)c2ccc(Cl)cc2Cl)SC(NC2CCC(C)CC2)=CC1. The van der Waals surface area contributed by atoms with Crippen molar-refractivity contribution in [3.63, 3.8) is 0 Å². The second-order valence-corrected chi connectivity index (χ2v) is 9.25. The molecule has 144 valence electrons. The van der Waals surface area contributed by atoms with Gasteiger partial charge in [0.25, 0.3) is 0 Å². The normalized spacial score (nSPS) is 23.0. The van der Waals surface area contributed by atoms with Crippen molar-refractivity contribution in [1.82, 2.24) is 5.32 Å². The van der Waals surface area contributed by atoms with Crippen LogP contribution in [0.3, 0.4) is 0 Å². The second-order valence-electron chi connectivity index (χ2n) is 7.35. The molecule has 1 fully saturated rings. The summed E-state index contributed by atoms with van der Waals surface area (Å²) in [7, 11) is 0. The minimum absolute atomic E-state index is 0.0387. The van der Waals surface area contributed by atoms with Gasteiger partial charge in [0, 0.05) is 16.6 Å². The Morgan fingerprint density at radius 2 is 2.04 bits per heavy atom. The molecular formula is C22H25Cl2NOS. The van der Waals surface area contributed by atoms with Crippen molar-refractivity contribution in [3.05, 3.63) is 68.0 Å². The van der Waals surface area contributed by atoms with Crippen LogP contribution in [0.4, 0.5) is 0 Å². The van der Waals surface area contributed by atoms with Gasteiger partial charge in [0.1, 0.15) is 0 Å². The maximum atomic E-state index is 13.2. The molecule has 1 aromatic carbocycles. The summed E-state index contributed by atoms with van der Waals surface area (Å²) in [5.41, 5.74) is 1.59. The molecule has 0 saturated heterocycles. The lowest BCUT2D eigenvalue weighted by Crippen LogP contribution is -2.32. The highest BCUT2D eigenvalue weighted by Crippen LogP contribution is 2.39. The third-order valence-corrected chi connectivity index (χ3v) is 6.93. The van der Waals surface area contributed by atoms with Crippen LogP contribution >= 0.6 is 35.0 Å². The van der Waals surface area contributed by atoms with E-state index in [0.717, 1.165) is 27.8 Å². The van der Waals surface area contributed by atoms with Gasteiger partial charge in [0.2, 0.25) is 5.78 Å². The lowest BCUT2D eigenvalue weighted by molar-refractivity contribution is 0.104. The molecule has 0 bridgehead atoms. The van der Waals surface area contributed by atoms with Crippen molar-refractivity contribution in [3.8, 4) is 0 Å². The van der Waals surface area contributed by atoms with Crippen LogP contribution in [0.25, 0.3) is 0 Å². The quantitative estimate of drug-likeness (QED) is 0.390. The summed E-state index contributed by atoms with van der Waals surface area (Å²) in [6.07, 6.45) is 10.4. The number of Topliss-reactive ketones (excluding diaryl/α,β-unsaturated/α-hetero) is 1. The third kappa shape index (κ3) is 5.22. The fourth-order valence-electron chi connectivity index (χ4n) is 3.58. The van der Waals surface area contributed by atoms with E-state index in [9.17, 15) is 4.79 Å². The summed E-state index contributed by atoms with van der Waals surface area (Å²) < 4.78 is 0. The minimum atomic E-state index is -0.0387. The number of carbonyl (C=O) groups is 1. The first-order valence-corrected chi connectivity index (χ1v) is 11.0. The van der Waals surface area contributed by atoms with Gasteiger partial charge in [-0.15, -0.1) is 6.58 Å². The van der Waals surface area contributed by atoms with E-state index in [0.29, 0.717) is 28.1 Å². The number of hydrogen-bond donors (Lipinski definition) is 1. The minimum Gasteiger partial charge on any atom is -0.377 e. The van der Waals surface area contributed by atoms with Crippen molar-refractivity contribution in [2.75, 3.05) is 0 Å². The van der Waals surface area contributed by atoms with Gasteiger partial charge >= 0.3 is 0 Å². The molecule has 0 radical (unpaired) electrons. The van der Waals surface area contributed by atoms with Crippen LogP contribution in [0.2, 0.25) is 10.0 Å². The first-order chi connectivity index (χ1) is 13.0. The van der Waals surface area contributed by atoms with Gasteiger partial charge in [-0.3, -0.25) is 4.79 Å². The van der Waals surface area contributed by atoms with Crippen molar-refractivity contribution < 1.29 is 4.79 Å². The highest BCUT2D eigenvalue weighted by molar-refractivity contribution is 8.07. The Hall–Kier alpha value is -1.16. The average molecular weight is 422 g/mol. The van der Waals surface area contributed by atoms with Crippen LogP contribution in [0.15, 0.2) is 52.4 Å². The highest BCUT2D eigenvalue weighted by Gasteiger charge is 2.26. The molecule has 27 heavy (non-hydrogen) atoms. The molecule has 2 aliphatic rings. The molecule has 0 atom stereocenters. The Morgan fingerprint density at radius 3 is 2.70 bits per heavy atom. The lowest BCUT2D eigenvalue weighted by atomic mass is 9.87. The number of hydrogen-bond acceptors (Lipinski definition) is 3. The van der Waals surface area contributed by atoms with E-state index in [2.05, 4.69) is 24.9 Å². The molecule has 0 spiro atoms. The van der Waals surface area contributed by atoms with Gasteiger partial charge in [-0.25, -0.2) is 0 Å². The topological polar surface area (TPSA) is 29.1 Å². The zero-order valence-corrected chi connectivity index (χ0v) is 17.9. The summed E-state index contributed by atoms with van der Waals surface area (Å²) in [5.74, 6) is 0.780. The molecule has 1 aliphatic heterocycles. The molecular weight excluding hydrogens is 397 g/mol. The first kappa shape index (κ1) is 20.6. The largest absolute Gasteiger partial charge is 0.377 e. The van der Waals surface area contributed by atoms with Crippen LogP contribution < -0.4 is 5.32 Å². The second kappa shape index (κ2) is 9.36. The van der Waals surface area contributed by atoms with Gasteiger partial charge in [0.15, 0.2) is 0 Å². The molecule has 1 N–H and O–H groups in total. The van der Waals surface area contributed by atoms with Crippen LogP contribution in [0.5, 0.6) is 0 Å². The van der Waals surface area contributed by atoms with Crippen LogP contribution in [0.1, 0.15) is 55.8 Å². The maximum Gasteiger partial charge on any atom is 0.201 e. The van der Waals surface area contributed by atoms with Crippen molar-refractivity contribution in [1.29, 1.82) is 0 Å². The lowest BCUT2D eigenvalue weighted by Gasteiger charge is -2.30. The van der Waals surface area contributed by atoms with E-state index in [4.69, 9.17) is 23.2 Å². The zero-order valence-electron chi connectivity index (χ0n) is 15.6. The van der Waals surface area contributed by atoms with Crippen molar-refractivity contribution in [2.24, 2.45) is 5.92 Å². The summed E-state index contributed by atoms with van der Waals surface area (Å²) in [6, 6.07) is 5.53. The van der Waals surface area contributed by atoms with Gasteiger partial charge in [0.05, 0.1) is 15.0 Å². The number of allylic oxidation sites excluding steroid dienone is 4. The van der Waals surface area contributed by atoms with Gasteiger partial charge in [-0.05, 0) is 68.2 Å². The van der Waals surface area contributed by atoms with Crippen LogP contribution in [0, 0.1) is 5.92 Å². The number of halogens is 2. The molecule has 1 aromatic rings. The molecule has 1 saturated carbocycles. The Morgan fingerprint density at radius 1 is 1.30 bits per heavy atom. The molecule has 0 unspecified atom stereocenters. The molecule has 1 aliphatic carbocycles. The highest BCUT2D eigenvalue weighted by atomic mass is 35.5. The van der Waals surface area contributed by atoms with Gasteiger partial charge in [-0.1, -0.05) is 54.0 Å². The molecule has 5 heteroatoms. The van der Waals surface area contributed by atoms with E-state index >= 15 is 0 Å². The number of rotatable bonds is 6. The Kier molecular flexibility index (Phi) is 7.13. The Labute approximate surface area is 176 Å². The summed E-state index contributed by atoms with van der Waals surface area (Å²) >= 11 is 13.8. The van der Waals surface area contributed by atoms with Gasteiger partial charge < -0.3 is 5.32 Å². The monoisotopic (exact) mass is 421 g/mol. The molecule has 0 amide bonds. The fourth-order valence-corrected chi connectivity index (χ4v) is 5.20. The van der Waals surface area contributed by atoms with Crippen molar-refractivity contribution in [2.45, 2.75) is 51.5 Å². The summed E-state index contributed by atoms with van der Waals surface area (Å²) in [4.78, 5) is 14.0. The maximum absolute atomic E-state index is 13.2. The first-order valence-electron chi connectivity index (χ1n) is 9.45. The zero-order chi connectivity index (χ0) is 19.4. The van der Waals surface area contributed by atoms with E-state index in [1.54, 1.807) is 18.2 Å². The molecule has 3 rings (SSSR count). The van der Waals surface area contributed by atoms with E-state index in [1.165, 1.54) is 37.4 Å². The predicted molar refractivity (Wildman–Crippen MR) is 117 cm³/mol. The fraction of sp³-hybridized carbons (Fsp3) is 0.409. The molecule has 2 nitrogen and oxygen atoms in total.